The number of benzene rings is 1. The van der Waals surface area contributed by atoms with E-state index in [4.69, 9.17) is 15.6 Å². The number of carboxylic acid groups (broad SMARTS) is 2. The molecule has 1 aromatic heterocycles. The molecule has 1 aliphatic rings. The van der Waals surface area contributed by atoms with Gasteiger partial charge in [0, 0.05) is 11.3 Å². The van der Waals surface area contributed by atoms with Gasteiger partial charge in [0.05, 0.1) is 13.2 Å². The number of carbonyl (C=O) groups excluding carboxylic acids is 2. The summed E-state index contributed by atoms with van der Waals surface area (Å²) in [4.78, 5) is 60.4. The second kappa shape index (κ2) is 10.9. The van der Waals surface area contributed by atoms with Gasteiger partial charge in [0.25, 0.3) is 5.91 Å². The fraction of sp³-hybridized carbons (Fsp3) is 0.333. The number of nitrogens with one attached hydrogen (secondary N) is 1. The summed E-state index contributed by atoms with van der Waals surface area (Å²) < 4.78 is 5.40. The van der Waals surface area contributed by atoms with Gasteiger partial charge in [-0.15, -0.1) is 16.2 Å². The number of aliphatic carboxylic acids is 2. The molecular weight excluding hydrogens is 468 g/mol. The average molecular weight is 490 g/mol. The summed E-state index contributed by atoms with van der Waals surface area (Å²) in [6.45, 7) is 0.0437. The van der Waals surface area contributed by atoms with Crippen LogP contribution in [0.15, 0.2) is 47.0 Å². The maximum Gasteiger partial charge on any atom is 0.331 e. The first kappa shape index (κ1) is 24.8. The molecule has 4 unspecified atom stereocenters. The number of rotatable bonds is 12. The minimum Gasteiger partial charge on any atom is -0.494 e. The molecule has 1 saturated heterocycles. The fourth-order valence-corrected chi connectivity index (χ4v) is 4.16. The number of carboxylic acids is 2. The topological polar surface area (TPSA) is 189 Å². The Kier molecular flexibility index (Phi) is 7.91. The first-order valence-corrected chi connectivity index (χ1v) is 11.0. The first-order chi connectivity index (χ1) is 16.2. The van der Waals surface area contributed by atoms with Crippen molar-refractivity contribution in [2.45, 2.75) is 30.6 Å². The predicted molar refractivity (Wildman–Crippen MR) is 119 cm³/mol. The van der Waals surface area contributed by atoms with Gasteiger partial charge >= 0.3 is 11.9 Å². The zero-order valence-corrected chi connectivity index (χ0v) is 18.5. The minimum absolute atomic E-state index is 0.0176. The lowest BCUT2D eigenvalue weighted by Crippen LogP contribution is -2.65. The quantitative estimate of drug-likeness (QED) is 0.247. The number of carbonyl (C=O) groups is 4. The lowest BCUT2D eigenvalue weighted by Gasteiger charge is -2.41. The molecule has 1 aromatic carbocycles. The van der Waals surface area contributed by atoms with Crippen molar-refractivity contribution in [2.75, 3.05) is 13.2 Å². The lowest BCUT2D eigenvalue weighted by atomic mass is 10.0. The molecule has 0 saturated carbocycles. The molecule has 5 N–H and O–H groups in total. The van der Waals surface area contributed by atoms with E-state index in [1.807, 2.05) is 0 Å². The van der Waals surface area contributed by atoms with Crippen molar-refractivity contribution in [3.8, 4) is 5.75 Å². The Morgan fingerprint density at radius 1 is 1.21 bits per heavy atom. The monoisotopic (exact) mass is 490 g/mol. The van der Waals surface area contributed by atoms with Gasteiger partial charge in [-0.1, -0.05) is 23.4 Å². The molecule has 2 aromatic rings. The van der Waals surface area contributed by atoms with Crippen molar-refractivity contribution in [3.05, 3.63) is 57.1 Å². The summed E-state index contributed by atoms with van der Waals surface area (Å²) in [5, 5.41) is 25.3. The standard InChI is InChI=1S/C21H22N4O8S/c22-13(20(28)29)7-8-33-12-5-3-11(4-6-12)16(24-32)18(26)23-14-10-25(19(14)27)17(21(30)31)15-2-1-9-34-15/h1-6,9,13-14,16-17H,7-8,10,22H2,(H,23,26)(H,28,29)(H,30,31). The van der Waals surface area contributed by atoms with E-state index in [0.717, 1.165) is 4.90 Å². The summed E-state index contributed by atoms with van der Waals surface area (Å²) in [5.74, 6) is -3.30. The van der Waals surface area contributed by atoms with Gasteiger partial charge in [0.1, 0.15) is 17.8 Å². The second-order valence-electron chi connectivity index (χ2n) is 7.47. The van der Waals surface area contributed by atoms with Crippen LogP contribution in [0, 0.1) is 4.91 Å². The zero-order chi connectivity index (χ0) is 24.8. The number of hydrogen-bond acceptors (Lipinski definition) is 9. The van der Waals surface area contributed by atoms with Gasteiger partial charge < -0.3 is 30.9 Å². The van der Waals surface area contributed by atoms with Gasteiger partial charge in [-0.05, 0) is 29.1 Å². The predicted octanol–water partition coefficient (Wildman–Crippen LogP) is 0.889. The van der Waals surface area contributed by atoms with Crippen LogP contribution < -0.4 is 15.8 Å². The van der Waals surface area contributed by atoms with Crippen molar-refractivity contribution < 1.29 is 34.1 Å². The third kappa shape index (κ3) is 5.55. The number of thiophene rings is 1. The molecule has 0 bridgehead atoms. The highest BCUT2D eigenvalue weighted by molar-refractivity contribution is 7.10. The number of nitroso groups, excluding NO2 is 1. The van der Waals surface area contributed by atoms with Gasteiger partial charge in [-0.3, -0.25) is 14.4 Å². The Bertz CT molecular complexity index is 1060. The molecule has 0 spiro atoms. The maximum absolute atomic E-state index is 12.6. The van der Waals surface area contributed by atoms with Crippen molar-refractivity contribution in [1.82, 2.24) is 10.2 Å². The Labute approximate surface area is 197 Å². The Hall–Kier alpha value is -3.84. The van der Waals surface area contributed by atoms with E-state index in [2.05, 4.69) is 10.5 Å². The molecule has 0 radical (unpaired) electrons. The Morgan fingerprint density at radius 3 is 2.44 bits per heavy atom. The fourth-order valence-electron chi connectivity index (χ4n) is 3.33. The largest absolute Gasteiger partial charge is 0.494 e. The number of amides is 2. The van der Waals surface area contributed by atoms with Crippen LogP contribution in [0.3, 0.4) is 0 Å². The summed E-state index contributed by atoms with van der Waals surface area (Å²) in [6.07, 6.45) is 0.0969. The van der Waals surface area contributed by atoms with Crippen LogP contribution in [0.4, 0.5) is 0 Å². The molecule has 4 atom stereocenters. The van der Waals surface area contributed by atoms with Crippen molar-refractivity contribution in [2.24, 2.45) is 10.9 Å². The van der Waals surface area contributed by atoms with E-state index in [9.17, 15) is 29.2 Å². The summed E-state index contributed by atoms with van der Waals surface area (Å²) >= 11 is 1.21. The van der Waals surface area contributed by atoms with Gasteiger partial charge in [0.15, 0.2) is 12.1 Å². The average Bonchev–Trinajstić information content (AvgIpc) is 3.33. The van der Waals surface area contributed by atoms with Crippen molar-refractivity contribution in [1.29, 1.82) is 0 Å². The highest BCUT2D eigenvalue weighted by Crippen LogP contribution is 2.31. The van der Waals surface area contributed by atoms with E-state index in [1.54, 1.807) is 17.5 Å². The van der Waals surface area contributed by atoms with Crippen LogP contribution in [-0.4, -0.2) is 64.1 Å². The molecule has 3 rings (SSSR count). The summed E-state index contributed by atoms with van der Waals surface area (Å²) in [5.41, 5.74) is 5.66. The van der Waals surface area contributed by atoms with Crippen LogP contribution in [0.25, 0.3) is 0 Å². The van der Waals surface area contributed by atoms with E-state index < -0.39 is 47.9 Å². The summed E-state index contributed by atoms with van der Waals surface area (Å²) in [6, 6.07) is 4.59. The van der Waals surface area contributed by atoms with Gasteiger partial charge in [0.2, 0.25) is 5.91 Å². The molecule has 180 valence electrons. The van der Waals surface area contributed by atoms with Gasteiger partial charge in [-0.25, -0.2) is 4.79 Å². The van der Waals surface area contributed by atoms with E-state index in [-0.39, 0.29) is 25.1 Å². The van der Waals surface area contributed by atoms with Crippen LogP contribution in [0.2, 0.25) is 0 Å². The molecule has 2 heterocycles. The highest BCUT2D eigenvalue weighted by atomic mass is 32.1. The van der Waals surface area contributed by atoms with Crippen molar-refractivity contribution in [3.63, 3.8) is 0 Å². The molecule has 1 fully saturated rings. The Morgan fingerprint density at radius 2 is 1.91 bits per heavy atom. The summed E-state index contributed by atoms with van der Waals surface area (Å²) in [7, 11) is 0. The number of nitrogens with zero attached hydrogens (tertiary/aromatic N) is 2. The smallest absolute Gasteiger partial charge is 0.331 e. The van der Waals surface area contributed by atoms with E-state index >= 15 is 0 Å². The molecular formula is C21H22N4O8S. The third-order valence-corrected chi connectivity index (χ3v) is 6.12. The van der Waals surface area contributed by atoms with Crippen molar-refractivity contribution >= 4 is 35.1 Å². The second-order valence-corrected chi connectivity index (χ2v) is 8.45. The van der Waals surface area contributed by atoms with E-state index in [0.29, 0.717) is 10.6 Å². The normalized spacial score (nSPS) is 17.7. The zero-order valence-electron chi connectivity index (χ0n) is 17.7. The molecule has 2 amide bonds. The molecule has 1 aliphatic heterocycles. The number of hydrogen-bond donors (Lipinski definition) is 4. The number of likely N-dealkylation sites (tertiary alicyclic amines) is 1. The SMILES string of the molecule is NC(CCOc1ccc(C(N=O)C(=O)NC2CN(C(C(=O)O)c3cccs3)C2=O)cc1)C(=O)O. The maximum atomic E-state index is 12.6. The number of ether oxygens (including phenoxy) is 1. The third-order valence-electron chi connectivity index (χ3n) is 5.20. The van der Waals surface area contributed by atoms with Gasteiger partial charge in [-0.2, -0.15) is 0 Å². The molecule has 34 heavy (non-hydrogen) atoms. The first-order valence-electron chi connectivity index (χ1n) is 10.1. The number of β-lactam (4-membered cyclic amide) rings is 1. The lowest BCUT2D eigenvalue weighted by molar-refractivity contribution is -0.160. The van der Waals surface area contributed by atoms with Crippen LogP contribution in [0.5, 0.6) is 5.75 Å². The van der Waals surface area contributed by atoms with Crippen LogP contribution in [-0.2, 0) is 19.2 Å². The molecule has 12 nitrogen and oxygen atoms in total. The molecule has 13 heteroatoms. The van der Waals surface area contributed by atoms with E-state index in [1.165, 1.54) is 35.6 Å². The number of nitrogens with two attached hydrogens (primary N) is 1. The van der Waals surface area contributed by atoms with Crippen LogP contribution in [0.1, 0.15) is 28.9 Å². The minimum atomic E-state index is -1.43. The Balaban J connectivity index is 1.56. The van der Waals surface area contributed by atoms with Crippen LogP contribution >= 0.6 is 11.3 Å². The molecule has 0 aliphatic carbocycles. The highest BCUT2D eigenvalue weighted by Gasteiger charge is 2.46.